The van der Waals surface area contributed by atoms with Gasteiger partial charge in [0.25, 0.3) is 5.91 Å². The number of amides is 2. The van der Waals surface area contributed by atoms with Crippen molar-refractivity contribution in [3.8, 4) is 11.5 Å². The van der Waals surface area contributed by atoms with Crippen molar-refractivity contribution in [1.82, 2.24) is 0 Å². The molecule has 134 valence electrons. The Morgan fingerprint density at radius 2 is 1.73 bits per heavy atom. The summed E-state index contributed by atoms with van der Waals surface area (Å²) in [6.07, 6.45) is 0. The molecule has 0 fully saturated rings. The summed E-state index contributed by atoms with van der Waals surface area (Å²) in [5, 5.41) is 10.3. The zero-order valence-corrected chi connectivity index (χ0v) is 14.8. The fourth-order valence-corrected chi connectivity index (χ4v) is 2.86. The van der Waals surface area contributed by atoms with Crippen LogP contribution >= 0.6 is 0 Å². The van der Waals surface area contributed by atoms with E-state index in [1.165, 1.54) is 7.11 Å². The molecule has 0 saturated carbocycles. The van der Waals surface area contributed by atoms with Crippen molar-refractivity contribution in [2.75, 3.05) is 18.6 Å². The van der Waals surface area contributed by atoms with Crippen molar-refractivity contribution in [2.24, 2.45) is 0 Å². The number of nitrogens with zero attached hydrogens (tertiary/aromatic N) is 1. The van der Waals surface area contributed by atoms with Crippen LogP contribution in [0.3, 0.4) is 0 Å². The number of aliphatic hydroxyl groups is 1. The molecule has 6 heteroatoms. The van der Waals surface area contributed by atoms with Gasteiger partial charge in [0.1, 0.15) is 11.5 Å². The van der Waals surface area contributed by atoms with Gasteiger partial charge < -0.3 is 14.6 Å². The lowest BCUT2D eigenvalue weighted by Crippen LogP contribution is -2.32. The summed E-state index contributed by atoms with van der Waals surface area (Å²) in [4.78, 5) is 26.4. The van der Waals surface area contributed by atoms with Crippen LogP contribution < -0.4 is 14.4 Å². The fraction of sp³-hybridized carbons (Fsp3) is 0.200. The molecule has 6 nitrogen and oxygen atoms in total. The summed E-state index contributed by atoms with van der Waals surface area (Å²) >= 11 is 0. The maximum absolute atomic E-state index is 12.9. The van der Waals surface area contributed by atoms with Gasteiger partial charge in [0.2, 0.25) is 0 Å². The molecule has 0 bridgehead atoms. The quantitative estimate of drug-likeness (QED) is 0.835. The van der Waals surface area contributed by atoms with Gasteiger partial charge in [-0.25, -0.2) is 4.90 Å². The van der Waals surface area contributed by atoms with Gasteiger partial charge in [-0.1, -0.05) is 18.2 Å². The van der Waals surface area contributed by atoms with Crippen LogP contribution in [0.1, 0.15) is 18.1 Å². The third-order valence-electron chi connectivity index (χ3n) is 4.09. The minimum Gasteiger partial charge on any atom is -0.502 e. The molecule has 0 aromatic heterocycles. The largest absolute Gasteiger partial charge is 0.502 e. The predicted molar refractivity (Wildman–Crippen MR) is 97.4 cm³/mol. The van der Waals surface area contributed by atoms with Gasteiger partial charge in [0.05, 0.1) is 25.0 Å². The molecule has 0 spiro atoms. The normalized spacial score (nSPS) is 14.2. The van der Waals surface area contributed by atoms with E-state index in [1.807, 2.05) is 19.9 Å². The van der Waals surface area contributed by atoms with Crippen LogP contribution in [-0.4, -0.2) is 30.6 Å². The smallest absolute Gasteiger partial charge is 0.301 e. The summed E-state index contributed by atoms with van der Waals surface area (Å²) in [6, 6.07) is 11.8. The third kappa shape index (κ3) is 2.90. The Morgan fingerprint density at radius 3 is 2.35 bits per heavy atom. The molecule has 0 saturated heterocycles. The number of aryl methyl sites for hydroxylation is 1. The van der Waals surface area contributed by atoms with E-state index in [2.05, 4.69) is 0 Å². The van der Waals surface area contributed by atoms with Crippen molar-refractivity contribution >= 4 is 23.1 Å². The van der Waals surface area contributed by atoms with E-state index < -0.39 is 17.6 Å². The molecule has 1 aliphatic rings. The minimum atomic E-state index is -0.775. The van der Waals surface area contributed by atoms with Crippen LogP contribution in [0.25, 0.3) is 5.57 Å². The number of methoxy groups -OCH3 is 1. The van der Waals surface area contributed by atoms with Crippen LogP contribution in [-0.2, 0) is 9.59 Å². The molecule has 1 aliphatic heterocycles. The van der Waals surface area contributed by atoms with Crippen molar-refractivity contribution in [3.05, 3.63) is 59.4 Å². The van der Waals surface area contributed by atoms with E-state index in [4.69, 9.17) is 9.47 Å². The van der Waals surface area contributed by atoms with Crippen molar-refractivity contribution < 1.29 is 24.2 Å². The molecule has 2 amide bonds. The van der Waals surface area contributed by atoms with Gasteiger partial charge in [0.15, 0.2) is 5.76 Å². The Labute approximate surface area is 151 Å². The lowest BCUT2D eigenvalue weighted by molar-refractivity contribution is -0.121. The first kappa shape index (κ1) is 17.5. The zero-order valence-electron chi connectivity index (χ0n) is 14.8. The monoisotopic (exact) mass is 353 g/mol. The Bertz CT molecular complexity index is 899. The highest BCUT2D eigenvalue weighted by atomic mass is 16.5. The third-order valence-corrected chi connectivity index (χ3v) is 4.09. The van der Waals surface area contributed by atoms with Crippen LogP contribution in [0, 0.1) is 6.92 Å². The van der Waals surface area contributed by atoms with Gasteiger partial charge in [-0.3, -0.25) is 9.59 Å². The van der Waals surface area contributed by atoms with Gasteiger partial charge in [-0.2, -0.15) is 0 Å². The molecule has 0 unspecified atom stereocenters. The maximum Gasteiger partial charge on any atom is 0.301 e. The molecule has 1 N–H and O–H groups in total. The Kier molecular flexibility index (Phi) is 4.67. The molecule has 1 heterocycles. The van der Waals surface area contributed by atoms with Crippen LogP contribution in [0.15, 0.2) is 48.2 Å². The minimum absolute atomic E-state index is 0.0402. The van der Waals surface area contributed by atoms with E-state index in [0.29, 0.717) is 29.4 Å². The van der Waals surface area contributed by atoms with Gasteiger partial charge >= 0.3 is 5.91 Å². The van der Waals surface area contributed by atoms with Crippen LogP contribution in [0.5, 0.6) is 11.5 Å². The molecule has 26 heavy (non-hydrogen) atoms. The lowest BCUT2D eigenvalue weighted by Gasteiger charge is -2.18. The fourth-order valence-electron chi connectivity index (χ4n) is 2.86. The van der Waals surface area contributed by atoms with Crippen molar-refractivity contribution in [3.63, 3.8) is 0 Å². The summed E-state index contributed by atoms with van der Waals surface area (Å²) in [5.74, 6) is -0.936. The number of hydrogen-bond acceptors (Lipinski definition) is 5. The molecule has 0 atom stereocenters. The van der Waals surface area contributed by atoms with Crippen molar-refractivity contribution in [1.29, 1.82) is 0 Å². The van der Waals surface area contributed by atoms with E-state index in [0.717, 1.165) is 10.5 Å². The summed E-state index contributed by atoms with van der Waals surface area (Å²) in [7, 11) is 1.46. The molecule has 3 rings (SSSR count). The van der Waals surface area contributed by atoms with Crippen molar-refractivity contribution in [2.45, 2.75) is 13.8 Å². The number of carbonyl (C=O) groups is 2. The summed E-state index contributed by atoms with van der Waals surface area (Å²) in [6.45, 7) is 4.23. The first-order valence-electron chi connectivity index (χ1n) is 8.17. The first-order chi connectivity index (χ1) is 12.5. The van der Waals surface area contributed by atoms with E-state index in [1.54, 1.807) is 36.4 Å². The number of ether oxygens (including phenoxy) is 2. The standard InChI is InChI=1S/C20H19NO5/c1-4-26-14-8-6-13(7-9-14)17-18(22)20(24)21(19(17)23)15-11-12(2)5-10-16(15)25-3/h5-11,22H,4H2,1-3H3. The summed E-state index contributed by atoms with van der Waals surface area (Å²) in [5.41, 5.74) is 1.56. The number of rotatable bonds is 5. The summed E-state index contributed by atoms with van der Waals surface area (Å²) < 4.78 is 10.6. The molecule has 0 radical (unpaired) electrons. The zero-order chi connectivity index (χ0) is 18.8. The maximum atomic E-state index is 12.9. The molecule has 0 aliphatic carbocycles. The van der Waals surface area contributed by atoms with Gasteiger partial charge in [-0.15, -0.1) is 0 Å². The first-order valence-corrected chi connectivity index (χ1v) is 8.17. The van der Waals surface area contributed by atoms with Crippen LogP contribution in [0.2, 0.25) is 0 Å². The number of imide groups is 1. The number of carbonyl (C=O) groups excluding carboxylic acids is 2. The highest BCUT2D eigenvalue weighted by Gasteiger charge is 2.41. The second kappa shape index (κ2) is 6.92. The topological polar surface area (TPSA) is 76.1 Å². The number of hydrogen-bond donors (Lipinski definition) is 1. The average molecular weight is 353 g/mol. The number of benzene rings is 2. The molecular weight excluding hydrogens is 334 g/mol. The Morgan fingerprint density at radius 1 is 1.04 bits per heavy atom. The predicted octanol–water partition coefficient (Wildman–Crippen LogP) is 3.24. The SMILES string of the molecule is CCOc1ccc(C2=C(O)C(=O)N(c3cc(C)ccc3OC)C2=O)cc1. The van der Waals surface area contributed by atoms with Gasteiger partial charge in [-0.05, 0) is 49.2 Å². The Balaban J connectivity index is 2.02. The molecule has 2 aromatic carbocycles. The molecular formula is C20H19NO5. The second-order valence-electron chi connectivity index (χ2n) is 5.80. The number of anilines is 1. The van der Waals surface area contributed by atoms with E-state index >= 15 is 0 Å². The van der Waals surface area contributed by atoms with E-state index in [-0.39, 0.29) is 5.57 Å². The van der Waals surface area contributed by atoms with E-state index in [9.17, 15) is 14.7 Å². The lowest BCUT2D eigenvalue weighted by atomic mass is 10.1. The average Bonchev–Trinajstić information content (AvgIpc) is 2.85. The highest BCUT2D eigenvalue weighted by Crippen LogP contribution is 2.37. The highest BCUT2D eigenvalue weighted by molar-refractivity contribution is 6.45. The van der Waals surface area contributed by atoms with Gasteiger partial charge in [0, 0.05) is 0 Å². The van der Waals surface area contributed by atoms with Crippen LogP contribution in [0.4, 0.5) is 5.69 Å². The molecule has 2 aromatic rings. The Hall–Kier alpha value is -3.28. The second-order valence-corrected chi connectivity index (χ2v) is 5.80. The number of aliphatic hydroxyl groups excluding tert-OH is 1.